The molecule has 0 unspecified atom stereocenters. The van der Waals surface area contributed by atoms with Crippen LogP contribution in [0, 0.1) is 32.1 Å². The number of nitriles is 1. The zero-order valence-corrected chi connectivity index (χ0v) is 15.1. The Morgan fingerprint density at radius 3 is 2.83 bits per heavy atom. The summed E-state index contributed by atoms with van der Waals surface area (Å²) in [6.45, 7) is 5.70. The summed E-state index contributed by atoms with van der Waals surface area (Å²) >= 11 is 2.87. The summed E-state index contributed by atoms with van der Waals surface area (Å²) in [6.07, 6.45) is 0.164. The summed E-state index contributed by atoms with van der Waals surface area (Å²) in [5.41, 5.74) is 2.14. The first kappa shape index (κ1) is 16.4. The molecule has 0 aromatic carbocycles. The number of thiazole rings is 1. The number of carbonyl (C=O) groups excluding carboxylic acids is 1. The zero-order valence-electron chi connectivity index (χ0n) is 13.5. The highest BCUT2D eigenvalue weighted by Crippen LogP contribution is 2.32. The van der Waals surface area contributed by atoms with E-state index < -0.39 is 0 Å². The van der Waals surface area contributed by atoms with E-state index in [0.717, 1.165) is 21.2 Å². The van der Waals surface area contributed by atoms with Gasteiger partial charge in [-0.05, 0) is 38.5 Å². The first-order chi connectivity index (χ1) is 11.5. The van der Waals surface area contributed by atoms with Crippen LogP contribution in [0.25, 0.3) is 10.8 Å². The van der Waals surface area contributed by atoms with Crippen molar-refractivity contribution in [3.63, 3.8) is 0 Å². The summed E-state index contributed by atoms with van der Waals surface area (Å²) in [5.74, 6) is 1.35. The molecule has 0 aliphatic rings. The minimum Gasteiger partial charge on any atom is -0.459 e. The zero-order chi connectivity index (χ0) is 17.3. The van der Waals surface area contributed by atoms with Crippen molar-refractivity contribution in [2.75, 3.05) is 5.32 Å². The van der Waals surface area contributed by atoms with E-state index in [1.54, 1.807) is 0 Å². The molecule has 0 aliphatic carbocycles. The lowest BCUT2D eigenvalue weighted by Crippen LogP contribution is -2.14. The Morgan fingerprint density at radius 1 is 1.38 bits per heavy atom. The number of nitrogens with one attached hydrogen (secondary N) is 1. The van der Waals surface area contributed by atoms with Crippen molar-refractivity contribution in [2.45, 2.75) is 27.2 Å². The molecule has 0 atom stereocenters. The fourth-order valence-electron chi connectivity index (χ4n) is 2.24. The molecule has 0 aliphatic heterocycles. The minimum atomic E-state index is -0.180. The van der Waals surface area contributed by atoms with E-state index in [9.17, 15) is 10.1 Å². The highest BCUT2D eigenvalue weighted by molar-refractivity contribution is 7.16. The molecule has 3 heterocycles. The molecule has 7 heteroatoms. The topological polar surface area (TPSA) is 78.9 Å². The second kappa shape index (κ2) is 6.59. The molecule has 0 saturated carbocycles. The van der Waals surface area contributed by atoms with E-state index in [1.165, 1.54) is 22.7 Å². The molecule has 0 saturated heterocycles. The normalized spacial score (nSPS) is 10.6. The number of hydrogen-bond donors (Lipinski definition) is 1. The van der Waals surface area contributed by atoms with Gasteiger partial charge in [-0.1, -0.05) is 0 Å². The van der Waals surface area contributed by atoms with Gasteiger partial charge >= 0.3 is 0 Å². The SMILES string of the molecule is Cc1ccc(-c2nc(CC(=O)Nc3sc(C)c(C)c3C#N)cs2)o1. The van der Waals surface area contributed by atoms with Gasteiger partial charge in [0.05, 0.1) is 17.7 Å². The van der Waals surface area contributed by atoms with Crippen LogP contribution in [-0.4, -0.2) is 10.9 Å². The number of rotatable bonds is 4. The van der Waals surface area contributed by atoms with Crippen LogP contribution >= 0.6 is 22.7 Å². The van der Waals surface area contributed by atoms with E-state index in [0.29, 0.717) is 22.0 Å². The van der Waals surface area contributed by atoms with Gasteiger partial charge in [0.1, 0.15) is 16.8 Å². The Bertz CT molecular complexity index is 944. The largest absolute Gasteiger partial charge is 0.459 e. The maximum Gasteiger partial charge on any atom is 0.231 e. The molecular weight excluding hydrogens is 342 g/mol. The molecule has 3 aromatic heterocycles. The van der Waals surface area contributed by atoms with Gasteiger partial charge in [0.25, 0.3) is 0 Å². The summed E-state index contributed by atoms with van der Waals surface area (Å²) in [6, 6.07) is 5.90. The predicted octanol–water partition coefficient (Wildman–Crippen LogP) is 4.44. The second-order valence-electron chi connectivity index (χ2n) is 5.38. The van der Waals surface area contributed by atoms with Crippen LogP contribution in [-0.2, 0) is 11.2 Å². The second-order valence-corrected chi connectivity index (χ2v) is 7.46. The van der Waals surface area contributed by atoms with Crippen LogP contribution in [0.1, 0.15) is 27.5 Å². The molecule has 0 fully saturated rings. The Labute approximate surface area is 147 Å². The molecule has 0 bridgehead atoms. The molecule has 24 heavy (non-hydrogen) atoms. The number of nitrogens with zero attached hydrogens (tertiary/aromatic N) is 2. The van der Waals surface area contributed by atoms with Gasteiger partial charge in [-0.15, -0.1) is 22.7 Å². The third-order valence-corrected chi connectivity index (χ3v) is 5.62. The smallest absolute Gasteiger partial charge is 0.231 e. The van der Waals surface area contributed by atoms with E-state index in [2.05, 4.69) is 16.4 Å². The van der Waals surface area contributed by atoms with Crippen molar-refractivity contribution in [1.29, 1.82) is 5.26 Å². The van der Waals surface area contributed by atoms with Gasteiger partial charge in [0, 0.05) is 10.3 Å². The van der Waals surface area contributed by atoms with Crippen LogP contribution in [0.2, 0.25) is 0 Å². The van der Waals surface area contributed by atoms with Gasteiger partial charge < -0.3 is 9.73 Å². The molecule has 0 radical (unpaired) electrons. The third-order valence-electron chi connectivity index (χ3n) is 3.59. The van der Waals surface area contributed by atoms with Crippen LogP contribution in [0.5, 0.6) is 0 Å². The quantitative estimate of drug-likeness (QED) is 0.748. The van der Waals surface area contributed by atoms with Crippen molar-refractivity contribution in [3.8, 4) is 16.8 Å². The minimum absolute atomic E-state index is 0.164. The first-order valence-corrected chi connectivity index (χ1v) is 8.98. The number of anilines is 1. The number of aryl methyl sites for hydroxylation is 2. The molecule has 122 valence electrons. The number of hydrogen-bond acceptors (Lipinski definition) is 6. The highest BCUT2D eigenvalue weighted by atomic mass is 32.1. The van der Waals surface area contributed by atoms with Crippen LogP contribution < -0.4 is 5.32 Å². The van der Waals surface area contributed by atoms with Crippen molar-refractivity contribution in [2.24, 2.45) is 0 Å². The predicted molar refractivity (Wildman–Crippen MR) is 95.4 cm³/mol. The van der Waals surface area contributed by atoms with Crippen LogP contribution in [0.4, 0.5) is 5.00 Å². The van der Waals surface area contributed by atoms with Gasteiger partial charge in [0.2, 0.25) is 5.91 Å². The number of aromatic nitrogens is 1. The fourth-order valence-corrected chi connectivity index (χ4v) is 4.04. The van der Waals surface area contributed by atoms with E-state index >= 15 is 0 Å². The van der Waals surface area contributed by atoms with Crippen molar-refractivity contribution in [1.82, 2.24) is 4.98 Å². The Hall–Kier alpha value is -2.43. The number of amides is 1. The molecule has 5 nitrogen and oxygen atoms in total. The van der Waals surface area contributed by atoms with Gasteiger partial charge in [-0.2, -0.15) is 5.26 Å². The monoisotopic (exact) mass is 357 g/mol. The van der Waals surface area contributed by atoms with E-state index in [-0.39, 0.29) is 12.3 Å². The summed E-state index contributed by atoms with van der Waals surface area (Å²) in [5, 5.41) is 15.3. The summed E-state index contributed by atoms with van der Waals surface area (Å²) in [7, 11) is 0. The third kappa shape index (κ3) is 3.25. The number of carbonyl (C=O) groups is 1. The average Bonchev–Trinajstić information content (AvgIpc) is 3.21. The van der Waals surface area contributed by atoms with Gasteiger partial charge in [-0.3, -0.25) is 4.79 Å². The maximum atomic E-state index is 12.2. The lowest BCUT2D eigenvalue weighted by atomic mass is 10.2. The molecule has 1 N–H and O–H groups in total. The Balaban J connectivity index is 1.71. The first-order valence-electron chi connectivity index (χ1n) is 7.29. The van der Waals surface area contributed by atoms with E-state index in [1.807, 2.05) is 38.3 Å². The van der Waals surface area contributed by atoms with Crippen molar-refractivity contribution < 1.29 is 9.21 Å². The van der Waals surface area contributed by atoms with Crippen molar-refractivity contribution >= 4 is 33.6 Å². The van der Waals surface area contributed by atoms with Gasteiger partial charge in [-0.25, -0.2) is 4.98 Å². The maximum absolute atomic E-state index is 12.2. The highest BCUT2D eigenvalue weighted by Gasteiger charge is 2.16. The molecule has 1 amide bonds. The lowest BCUT2D eigenvalue weighted by Gasteiger charge is -2.01. The average molecular weight is 357 g/mol. The van der Waals surface area contributed by atoms with Gasteiger partial charge in [0.15, 0.2) is 10.8 Å². The number of thiophene rings is 1. The van der Waals surface area contributed by atoms with Crippen molar-refractivity contribution in [3.05, 3.63) is 45.0 Å². The standard InChI is InChI=1S/C17H15N3O2S2/c1-9-4-5-14(22-9)17-19-12(8-23-17)6-15(21)20-16-13(7-18)10(2)11(3)24-16/h4-5,8H,6H2,1-3H3,(H,20,21). The molecular formula is C17H15N3O2S2. The summed E-state index contributed by atoms with van der Waals surface area (Å²) < 4.78 is 5.54. The molecule has 0 spiro atoms. The lowest BCUT2D eigenvalue weighted by molar-refractivity contribution is -0.115. The Kier molecular flexibility index (Phi) is 4.51. The van der Waals surface area contributed by atoms with Crippen LogP contribution in [0.3, 0.4) is 0 Å². The fraction of sp³-hybridized carbons (Fsp3) is 0.235. The molecule has 3 aromatic rings. The number of furan rings is 1. The summed E-state index contributed by atoms with van der Waals surface area (Å²) in [4.78, 5) is 17.7. The van der Waals surface area contributed by atoms with E-state index in [4.69, 9.17) is 4.42 Å². The van der Waals surface area contributed by atoms with Crippen LogP contribution in [0.15, 0.2) is 21.9 Å². The molecule has 3 rings (SSSR count). The Morgan fingerprint density at radius 2 is 2.17 bits per heavy atom.